The molecular weight excluding hydrogens is 368 g/mol. The van der Waals surface area contributed by atoms with Crippen LogP contribution in [0.5, 0.6) is 23.0 Å². The third kappa shape index (κ3) is 4.35. The molecule has 0 bridgehead atoms. The average Bonchev–Trinajstić information content (AvgIpc) is 2.67. The summed E-state index contributed by atoms with van der Waals surface area (Å²) in [5.74, 6) is -0.885. The van der Waals surface area contributed by atoms with Crippen LogP contribution in [-0.4, -0.2) is 45.6 Å². The maximum atomic E-state index is 10.7. The zero-order valence-corrected chi connectivity index (χ0v) is 14.7. The summed E-state index contributed by atoms with van der Waals surface area (Å²) in [6, 6.07) is 9.31. The van der Waals surface area contributed by atoms with E-state index in [-0.39, 0.29) is 30.3 Å². The number of carbonyl (C=O) groups is 2. The number of ether oxygens (including phenoxy) is 2. The van der Waals surface area contributed by atoms with Crippen LogP contribution in [0.4, 0.5) is 0 Å². The Morgan fingerprint density at radius 1 is 0.929 bits per heavy atom. The Balaban J connectivity index is 0.000000161. The van der Waals surface area contributed by atoms with Crippen molar-refractivity contribution in [2.24, 2.45) is 5.92 Å². The standard InChI is InChI=1S/C10H10O4.C10H8O4/c2*11-8-1-2-9-6(4-8)3-7(5-14-9)10(12)13/h1-2,4,7,11H,3,5H2,(H,12,13);1-4,11H,5H2,(H,12,13). The molecule has 2 aromatic carbocycles. The predicted molar refractivity (Wildman–Crippen MR) is 97.6 cm³/mol. The van der Waals surface area contributed by atoms with Crippen molar-refractivity contribution in [2.75, 3.05) is 13.2 Å². The van der Waals surface area contributed by atoms with Gasteiger partial charge >= 0.3 is 11.9 Å². The minimum Gasteiger partial charge on any atom is -0.508 e. The molecule has 2 aromatic rings. The number of benzene rings is 2. The van der Waals surface area contributed by atoms with Gasteiger partial charge in [0.15, 0.2) is 0 Å². The van der Waals surface area contributed by atoms with Gasteiger partial charge in [-0.1, -0.05) is 0 Å². The summed E-state index contributed by atoms with van der Waals surface area (Å²) < 4.78 is 10.5. The monoisotopic (exact) mass is 386 g/mol. The van der Waals surface area contributed by atoms with Crippen molar-refractivity contribution in [3.8, 4) is 23.0 Å². The summed E-state index contributed by atoms with van der Waals surface area (Å²) in [6.07, 6.45) is 1.92. The summed E-state index contributed by atoms with van der Waals surface area (Å²) in [5.41, 5.74) is 1.53. The van der Waals surface area contributed by atoms with Crippen LogP contribution in [0.3, 0.4) is 0 Å². The normalized spacial score (nSPS) is 16.7. The van der Waals surface area contributed by atoms with Gasteiger partial charge in [-0.25, -0.2) is 4.79 Å². The second-order valence-electron chi connectivity index (χ2n) is 6.33. The first-order valence-corrected chi connectivity index (χ1v) is 8.40. The highest BCUT2D eigenvalue weighted by Gasteiger charge is 2.25. The third-order valence-corrected chi connectivity index (χ3v) is 4.28. The summed E-state index contributed by atoms with van der Waals surface area (Å²) >= 11 is 0. The second-order valence-corrected chi connectivity index (χ2v) is 6.33. The Labute approximate surface area is 159 Å². The van der Waals surface area contributed by atoms with Crippen LogP contribution >= 0.6 is 0 Å². The van der Waals surface area contributed by atoms with E-state index in [2.05, 4.69) is 0 Å². The molecule has 0 aliphatic carbocycles. The molecule has 2 aliphatic rings. The summed E-state index contributed by atoms with van der Waals surface area (Å²) in [4.78, 5) is 21.3. The molecule has 2 aliphatic heterocycles. The van der Waals surface area contributed by atoms with Crippen LogP contribution in [0.15, 0.2) is 42.0 Å². The van der Waals surface area contributed by atoms with E-state index in [0.29, 0.717) is 23.5 Å². The number of phenols is 2. The zero-order valence-electron chi connectivity index (χ0n) is 14.7. The number of rotatable bonds is 2. The fourth-order valence-corrected chi connectivity index (χ4v) is 2.83. The third-order valence-electron chi connectivity index (χ3n) is 4.28. The molecule has 146 valence electrons. The first-order chi connectivity index (χ1) is 13.3. The van der Waals surface area contributed by atoms with E-state index in [1.165, 1.54) is 24.3 Å². The molecule has 0 aromatic heterocycles. The van der Waals surface area contributed by atoms with E-state index < -0.39 is 17.9 Å². The maximum Gasteiger partial charge on any atom is 0.335 e. The maximum absolute atomic E-state index is 10.7. The fraction of sp³-hybridized carbons (Fsp3) is 0.200. The van der Waals surface area contributed by atoms with Crippen molar-refractivity contribution in [1.29, 1.82) is 0 Å². The lowest BCUT2D eigenvalue weighted by molar-refractivity contribution is -0.143. The van der Waals surface area contributed by atoms with E-state index in [1.54, 1.807) is 18.2 Å². The molecule has 0 saturated heterocycles. The minimum atomic E-state index is -1.00. The van der Waals surface area contributed by atoms with Crippen molar-refractivity contribution in [1.82, 2.24) is 0 Å². The smallest absolute Gasteiger partial charge is 0.335 e. The van der Waals surface area contributed by atoms with Gasteiger partial charge in [0.05, 0.1) is 11.5 Å². The van der Waals surface area contributed by atoms with Gasteiger partial charge in [-0.15, -0.1) is 0 Å². The number of carboxylic acid groups (broad SMARTS) is 2. The van der Waals surface area contributed by atoms with Gasteiger partial charge in [0.25, 0.3) is 0 Å². The molecule has 1 atom stereocenters. The quantitative estimate of drug-likeness (QED) is 0.618. The van der Waals surface area contributed by atoms with Gasteiger partial charge in [-0.2, -0.15) is 0 Å². The van der Waals surface area contributed by atoms with E-state index >= 15 is 0 Å². The molecule has 0 spiro atoms. The number of carboxylic acids is 2. The van der Waals surface area contributed by atoms with E-state index in [9.17, 15) is 19.8 Å². The predicted octanol–water partition coefficient (Wildman–Crippen LogP) is 2.28. The van der Waals surface area contributed by atoms with Crippen molar-refractivity contribution in [3.63, 3.8) is 0 Å². The van der Waals surface area contributed by atoms with Crippen molar-refractivity contribution in [2.45, 2.75) is 6.42 Å². The summed E-state index contributed by atoms with van der Waals surface area (Å²) in [5, 5.41) is 35.9. The highest BCUT2D eigenvalue weighted by atomic mass is 16.5. The molecule has 0 saturated carbocycles. The highest BCUT2D eigenvalue weighted by molar-refractivity contribution is 5.93. The average molecular weight is 386 g/mol. The van der Waals surface area contributed by atoms with Gasteiger partial charge in [-0.3, -0.25) is 4.79 Å². The fourth-order valence-electron chi connectivity index (χ4n) is 2.83. The van der Waals surface area contributed by atoms with E-state index in [1.807, 2.05) is 0 Å². The molecule has 8 nitrogen and oxygen atoms in total. The number of aliphatic carboxylic acids is 2. The molecule has 0 amide bonds. The Hall–Kier alpha value is -3.68. The molecule has 4 N–H and O–H groups in total. The first-order valence-electron chi connectivity index (χ1n) is 8.40. The Kier molecular flexibility index (Phi) is 5.39. The molecule has 4 rings (SSSR count). The van der Waals surface area contributed by atoms with Crippen LogP contribution < -0.4 is 9.47 Å². The second kappa shape index (κ2) is 7.91. The number of hydrogen-bond acceptors (Lipinski definition) is 6. The van der Waals surface area contributed by atoms with Gasteiger partial charge in [0.1, 0.15) is 36.2 Å². The minimum absolute atomic E-state index is 0.0626. The van der Waals surface area contributed by atoms with Gasteiger partial charge in [0, 0.05) is 5.56 Å². The van der Waals surface area contributed by atoms with Crippen LogP contribution in [0, 0.1) is 5.92 Å². The van der Waals surface area contributed by atoms with Crippen LogP contribution in [-0.2, 0) is 16.0 Å². The molecule has 1 unspecified atom stereocenters. The summed E-state index contributed by atoms with van der Waals surface area (Å²) in [6.45, 7) is 0.264. The Bertz CT molecular complexity index is 947. The zero-order chi connectivity index (χ0) is 20.3. The summed E-state index contributed by atoms with van der Waals surface area (Å²) in [7, 11) is 0. The van der Waals surface area contributed by atoms with Gasteiger partial charge in [0.2, 0.25) is 0 Å². The number of phenolic OH excluding ortho intramolecular Hbond substituents is 2. The largest absolute Gasteiger partial charge is 0.508 e. The van der Waals surface area contributed by atoms with E-state index in [4.69, 9.17) is 19.7 Å². The lowest BCUT2D eigenvalue weighted by Crippen LogP contribution is -2.27. The van der Waals surface area contributed by atoms with Crippen molar-refractivity contribution >= 4 is 18.0 Å². The number of hydrogen-bond donors (Lipinski definition) is 4. The first kappa shape index (κ1) is 19.1. The topological polar surface area (TPSA) is 134 Å². The van der Waals surface area contributed by atoms with Crippen LogP contribution in [0.2, 0.25) is 0 Å². The lowest BCUT2D eigenvalue weighted by atomic mass is 9.97. The van der Waals surface area contributed by atoms with Gasteiger partial charge < -0.3 is 29.9 Å². The van der Waals surface area contributed by atoms with Crippen LogP contribution in [0.1, 0.15) is 11.1 Å². The van der Waals surface area contributed by atoms with Crippen LogP contribution in [0.25, 0.3) is 6.08 Å². The Morgan fingerprint density at radius 3 is 2.29 bits per heavy atom. The van der Waals surface area contributed by atoms with E-state index in [0.717, 1.165) is 5.56 Å². The number of fused-ring (bicyclic) bond motifs is 2. The lowest BCUT2D eigenvalue weighted by Gasteiger charge is -2.22. The molecule has 0 radical (unpaired) electrons. The highest BCUT2D eigenvalue weighted by Crippen LogP contribution is 2.30. The van der Waals surface area contributed by atoms with Crippen molar-refractivity contribution in [3.05, 3.63) is 53.1 Å². The SMILES string of the molecule is O=C(O)C1=Cc2cc(O)ccc2OC1.O=C(O)C1COc2ccc(O)cc2C1. The molecule has 2 heterocycles. The molecule has 28 heavy (non-hydrogen) atoms. The Morgan fingerprint density at radius 2 is 1.61 bits per heavy atom. The molecular formula is C20H18O8. The molecule has 8 heteroatoms. The van der Waals surface area contributed by atoms with Crippen molar-refractivity contribution < 1.29 is 39.5 Å². The van der Waals surface area contributed by atoms with Gasteiger partial charge in [-0.05, 0) is 54.5 Å². The molecule has 0 fully saturated rings. The number of aromatic hydroxyl groups is 2.